The van der Waals surface area contributed by atoms with Gasteiger partial charge in [-0.15, -0.1) is 0 Å². The van der Waals surface area contributed by atoms with Gasteiger partial charge in [0.15, 0.2) is 0 Å². The van der Waals surface area contributed by atoms with Crippen LogP contribution in [0.3, 0.4) is 0 Å². The van der Waals surface area contributed by atoms with Crippen molar-refractivity contribution in [3.63, 3.8) is 0 Å². The molecule has 1 saturated carbocycles. The molecular weight excluding hydrogens is 289 g/mol. The number of fused-ring (bicyclic) bond motifs is 1. The maximum atomic E-state index is 13.7. The monoisotopic (exact) mass is 301 g/mol. The van der Waals surface area contributed by atoms with Gasteiger partial charge in [-0.05, 0) is 49.2 Å². The van der Waals surface area contributed by atoms with E-state index in [9.17, 15) is 4.39 Å². The first kappa shape index (κ1) is 12.7. The molecule has 3 nitrogen and oxygen atoms in total. The molecule has 1 aromatic heterocycles. The summed E-state index contributed by atoms with van der Waals surface area (Å²) in [7, 11) is 0. The van der Waals surface area contributed by atoms with E-state index in [0.717, 1.165) is 29.7 Å². The van der Waals surface area contributed by atoms with Crippen LogP contribution in [-0.2, 0) is 0 Å². The highest BCUT2D eigenvalue weighted by atomic mass is 35.5. The summed E-state index contributed by atoms with van der Waals surface area (Å²) in [5.74, 6) is 1.04. The van der Waals surface area contributed by atoms with Crippen LogP contribution in [0, 0.1) is 5.82 Å². The topological polar surface area (TPSA) is 43.8 Å². The van der Waals surface area contributed by atoms with Gasteiger partial charge in [-0.3, -0.25) is 4.57 Å². The van der Waals surface area contributed by atoms with E-state index in [1.54, 1.807) is 6.07 Å². The van der Waals surface area contributed by atoms with Crippen molar-refractivity contribution < 1.29 is 4.39 Å². The number of anilines is 1. The van der Waals surface area contributed by atoms with Crippen LogP contribution in [0.5, 0.6) is 0 Å². The Kier molecular flexibility index (Phi) is 2.69. The number of nitrogens with two attached hydrogens (primary N) is 1. The standard InChI is InChI=1S/C16H13ClFN3/c17-10-5-11(18)7-13(6-10)21-15-4-3-12(19)8-14(15)20-16(21)9-1-2-9/h3-9H,1-2,19H2. The van der Waals surface area contributed by atoms with E-state index in [-0.39, 0.29) is 5.82 Å². The van der Waals surface area contributed by atoms with Crippen LogP contribution in [0.2, 0.25) is 5.02 Å². The first-order valence-electron chi connectivity index (χ1n) is 6.86. The molecule has 2 N–H and O–H groups in total. The van der Waals surface area contributed by atoms with Crippen molar-refractivity contribution in [2.24, 2.45) is 0 Å². The predicted octanol–water partition coefficient (Wildman–Crippen LogP) is 4.28. The smallest absolute Gasteiger partial charge is 0.126 e. The lowest BCUT2D eigenvalue weighted by molar-refractivity contribution is 0.626. The van der Waals surface area contributed by atoms with Crippen molar-refractivity contribution in [2.75, 3.05) is 5.73 Å². The SMILES string of the molecule is Nc1ccc2c(c1)nc(C1CC1)n2-c1cc(F)cc(Cl)c1. The van der Waals surface area contributed by atoms with Gasteiger partial charge in [-0.25, -0.2) is 9.37 Å². The van der Waals surface area contributed by atoms with Crippen LogP contribution in [-0.4, -0.2) is 9.55 Å². The normalized spacial score (nSPS) is 14.8. The van der Waals surface area contributed by atoms with Crippen molar-refractivity contribution in [3.8, 4) is 5.69 Å². The third-order valence-corrected chi connectivity index (χ3v) is 3.97. The van der Waals surface area contributed by atoms with Crippen LogP contribution in [0.15, 0.2) is 36.4 Å². The lowest BCUT2D eigenvalue weighted by Crippen LogP contribution is -2.00. The van der Waals surface area contributed by atoms with Gasteiger partial charge in [0.25, 0.3) is 0 Å². The lowest BCUT2D eigenvalue weighted by Gasteiger charge is -2.09. The third-order valence-electron chi connectivity index (χ3n) is 3.75. The van der Waals surface area contributed by atoms with Crippen LogP contribution in [0.4, 0.5) is 10.1 Å². The van der Waals surface area contributed by atoms with Crippen molar-refractivity contribution in [1.82, 2.24) is 9.55 Å². The molecule has 0 bridgehead atoms. The van der Waals surface area contributed by atoms with Gasteiger partial charge in [-0.2, -0.15) is 0 Å². The molecule has 0 radical (unpaired) electrons. The summed E-state index contributed by atoms with van der Waals surface area (Å²) in [6.07, 6.45) is 2.23. The maximum Gasteiger partial charge on any atom is 0.126 e. The minimum Gasteiger partial charge on any atom is -0.399 e. The maximum absolute atomic E-state index is 13.7. The first-order valence-corrected chi connectivity index (χ1v) is 7.24. The molecule has 1 aliphatic carbocycles. The van der Waals surface area contributed by atoms with Gasteiger partial charge in [0.1, 0.15) is 11.6 Å². The fraction of sp³-hybridized carbons (Fsp3) is 0.188. The van der Waals surface area contributed by atoms with Gasteiger partial charge in [-0.1, -0.05) is 11.6 Å². The second kappa shape index (κ2) is 4.46. The summed E-state index contributed by atoms with van der Waals surface area (Å²) >= 11 is 6.00. The zero-order valence-electron chi connectivity index (χ0n) is 11.2. The summed E-state index contributed by atoms with van der Waals surface area (Å²) in [6.45, 7) is 0. The molecule has 4 rings (SSSR count). The van der Waals surface area contributed by atoms with E-state index in [4.69, 9.17) is 17.3 Å². The molecule has 3 aromatic rings. The number of hydrogen-bond acceptors (Lipinski definition) is 2. The van der Waals surface area contributed by atoms with Crippen molar-refractivity contribution in [2.45, 2.75) is 18.8 Å². The second-order valence-corrected chi connectivity index (χ2v) is 5.89. The molecule has 1 heterocycles. The molecule has 0 atom stereocenters. The molecule has 106 valence electrons. The summed E-state index contributed by atoms with van der Waals surface area (Å²) in [6, 6.07) is 10.1. The molecule has 21 heavy (non-hydrogen) atoms. The third kappa shape index (κ3) is 2.16. The highest BCUT2D eigenvalue weighted by Crippen LogP contribution is 2.42. The Bertz CT molecular complexity index is 832. The number of nitrogen functional groups attached to an aromatic ring is 1. The largest absolute Gasteiger partial charge is 0.399 e. The average molecular weight is 302 g/mol. The van der Waals surface area contributed by atoms with E-state index < -0.39 is 0 Å². The van der Waals surface area contributed by atoms with E-state index in [1.807, 2.05) is 22.8 Å². The van der Waals surface area contributed by atoms with Gasteiger partial charge >= 0.3 is 0 Å². The molecule has 0 amide bonds. The zero-order chi connectivity index (χ0) is 14.6. The van der Waals surface area contributed by atoms with E-state index >= 15 is 0 Å². The van der Waals surface area contributed by atoms with Crippen LogP contribution in [0.25, 0.3) is 16.7 Å². The summed E-state index contributed by atoms with van der Waals surface area (Å²) in [5, 5.41) is 0.379. The van der Waals surface area contributed by atoms with E-state index in [2.05, 4.69) is 4.98 Å². The average Bonchev–Trinajstić information content (AvgIpc) is 3.18. The Morgan fingerprint density at radius 2 is 2.00 bits per heavy atom. The Hall–Kier alpha value is -2.07. The Balaban J connectivity index is 2.03. The molecule has 1 fully saturated rings. The zero-order valence-corrected chi connectivity index (χ0v) is 11.9. The van der Waals surface area contributed by atoms with E-state index in [0.29, 0.717) is 22.3 Å². The second-order valence-electron chi connectivity index (χ2n) is 5.46. The number of hydrogen-bond donors (Lipinski definition) is 1. The fourth-order valence-corrected chi connectivity index (χ4v) is 2.89. The van der Waals surface area contributed by atoms with Crippen molar-refractivity contribution >= 4 is 28.3 Å². The Labute approximate surface area is 126 Å². The molecule has 0 aliphatic heterocycles. The molecule has 0 spiro atoms. The predicted molar refractivity (Wildman–Crippen MR) is 82.4 cm³/mol. The van der Waals surface area contributed by atoms with Crippen molar-refractivity contribution in [1.29, 1.82) is 0 Å². The minimum absolute atomic E-state index is 0.350. The van der Waals surface area contributed by atoms with E-state index in [1.165, 1.54) is 12.1 Å². The van der Waals surface area contributed by atoms with Gasteiger partial charge in [0.2, 0.25) is 0 Å². The van der Waals surface area contributed by atoms with Gasteiger partial charge in [0.05, 0.1) is 16.7 Å². The number of aromatic nitrogens is 2. The molecular formula is C16H13ClFN3. The van der Waals surface area contributed by atoms with Crippen LogP contribution in [0.1, 0.15) is 24.6 Å². The molecule has 1 aliphatic rings. The van der Waals surface area contributed by atoms with Crippen molar-refractivity contribution in [3.05, 3.63) is 53.1 Å². The van der Waals surface area contributed by atoms with Crippen LogP contribution < -0.4 is 5.73 Å². The number of benzene rings is 2. The van der Waals surface area contributed by atoms with Crippen LogP contribution >= 0.6 is 11.6 Å². The Morgan fingerprint density at radius 3 is 2.71 bits per heavy atom. The minimum atomic E-state index is -0.350. The first-order chi connectivity index (χ1) is 10.1. The summed E-state index contributed by atoms with van der Waals surface area (Å²) < 4.78 is 15.7. The highest BCUT2D eigenvalue weighted by Gasteiger charge is 2.30. The quantitative estimate of drug-likeness (QED) is 0.718. The number of halogens is 2. The molecule has 0 unspecified atom stereocenters. The summed E-state index contributed by atoms with van der Waals surface area (Å²) in [4.78, 5) is 4.69. The molecule has 2 aromatic carbocycles. The molecule has 5 heteroatoms. The fourth-order valence-electron chi connectivity index (χ4n) is 2.67. The lowest BCUT2D eigenvalue weighted by atomic mass is 10.2. The van der Waals surface area contributed by atoms with Gasteiger partial charge in [0, 0.05) is 16.6 Å². The highest BCUT2D eigenvalue weighted by molar-refractivity contribution is 6.30. The Morgan fingerprint density at radius 1 is 1.19 bits per heavy atom. The summed E-state index contributed by atoms with van der Waals surface area (Å²) in [5.41, 5.74) is 8.96. The number of imidazole rings is 1. The number of nitrogens with zero attached hydrogens (tertiary/aromatic N) is 2. The molecule has 0 saturated heterocycles. The van der Waals surface area contributed by atoms with Gasteiger partial charge < -0.3 is 5.73 Å². The number of rotatable bonds is 2.